The van der Waals surface area contributed by atoms with E-state index in [1.807, 2.05) is 42.5 Å². The van der Waals surface area contributed by atoms with Crippen molar-refractivity contribution >= 4 is 28.6 Å². The molecule has 0 aliphatic carbocycles. The molecule has 3 rings (SSSR count). The van der Waals surface area contributed by atoms with Crippen molar-refractivity contribution in [1.29, 1.82) is 0 Å². The van der Waals surface area contributed by atoms with Gasteiger partial charge in [-0.15, -0.1) is 0 Å². The number of amides is 2. The summed E-state index contributed by atoms with van der Waals surface area (Å²) >= 11 is 1.01. The Morgan fingerprint density at radius 2 is 1.84 bits per heavy atom. The molecule has 0 spiro atoms. The summed E-state index contributed by atoms with van der Waals surface area (Å²) in [4.78, 5) is 22.8. The van der Waals surface area contributed by atoms with Crippen LogP contribution in [0.1, 0.15) is 11.1 Å². The zero-order chi connectivity index (χ0) is 17.6. The van der Waals surface area contributed by atoms with Crippen LogP contribution in [0.15, 0.2) is 59.8 Å². The van der Waals surface area contributed by atoms with E-state index in [1.54, 1.807) is 12.1 Å². The number of hydrogen-bond donors (Lipinski definition) is 2. The van der Waals surface area contributed by atoms with Crippen molar-refractivity contribution in [2.45, 2.75) is 11.7 Å². The van der Waals surface area contributed by atoms with Gasteiger partial charge in [-0.25, -0.2) is 0 Å². The third-order valence-electron chi connectivity index (χ3n) is 3.71. The van der Waals surface area contributed by atoms with Gasteiger partial charge in [0.25, 0.3) is 5.24 Å². The average molecular weight is 356 g/mol. The Bertz CT molecular complexity index is 790. The van der Waals surface area contributed by atoms with E-state index >= 15 is 0 Å². The zero-order valence-corrected chi connectivity index (χ0v) is 14.0. The molecule has 1 aliphatic rings. The van der Waals surface area contributed by atoms with E-state index in [9.17, 15) is 9.59 Å². The molecule has 2 aromatic rings. The standard InChI is InChI=1S/C18H16N2O4S/c21-17-16(25-18(22)19-17)10-12-6-8-14(9-7-12)24-11-15(20-23)13-4-2-1-3-5-13/h1-9,16,23H,10-11H2,(H,19,21,22)/b20-15-. The first kappa shape index (κ1) is 17.0. The molecule has 1 atom stereocenters. The predicted molar refractivity (Wildman–Crippen MR) is 95.3 cm³/mol. The number of imide groups is 1. The molecule has 2 N–H and O–H groups in total. The van der Waals surface area contributed by atoms with Gasteiger partial charge in [0.15, 0.2) is 0 Å². The number of carbonyl (C=O) groups is 2. The van der Waals surface area contributed by atoms with Gasteiger partial charge in [-0.3, -0.25) is 14.9 Å². The van der Waals surface area contributed by atoms with Crippen LogP contribution >= 0.6 is 11.8 Å². The first-order valence-corrected chi connectivity index (χ1v) is 8.53. The molecule has 6 nitrogen and oxygen atoms in total. The topological polar surface area (TPSA) is 88.0 Å². The lowest BCUT2D eigenvalue weighted by Gasteiger charge is -2.09. The largest absolute Gasteiger partial charge is 0.487 e. The number of benzene rings is 2. The van der Waals surface area contributed by atoms with Crippen LogP contribution in [0.4, 0.5) is 4.79 Å². The van der Waals surface area contributed by atoms with Crippen LogP contribution in [0.2, 0.25) is 0 Å². The Kier molecular flexibility index (Phi) is 5.35. The molecule has 7 heteroatoms. The van der Waals surface area contributed by atoms with Crippen LogP contribution in [0.5, 0.6) is 5.75 Å². The summed E-state index contributed by atoms with van der Waals surface area (Å²) in [6.45, 7) is 0.134. The van der Waals surface area contributed by atoms with Crippen LogP contribution in [0.3, 0.4) is 0 Å². The average Bonchev–Trinajstić information content (AvgIpc) is 2.95. The Morgan fingerprint density at radius 3 is 2.44 bits per heavy atom. The van der Waals surface area contributed by atoms with Crippen molar-refractivity contribution in [3.63, 3.8) is 0 Å². The summed E-state index contributed by atoms with van der Waals surface area (Å²) in [5.74, 6) is 0.377. The second-order valence-corrected chi connectivity index (χ2v) is 6.61. The monoisotopic (exact) mass is 356 g/mol. The lowest BCUT2D eigenvalue weighted by atomic mass is 10.1. The molecule has 128 valence electrons. The predicted octanol–water partition coefficient (Wildman–Crippen LogP) is 2.84. The summed E-state index contributed by atoms with van der Waals surface area (Å²) in [6.07, 6.45) is 0.482. The third-order valence-corrected chi connectivity index (χ3v) is 4.70. The van der Waals surface area contributed by atoms with Gasteiger partial charge in [-0.2, -0.15) is 0 Å². The van der Waals surface area contributed by atoms with Gasteiger partial charge in [0.05, 0.1) is 5.25 Å². The number of nitrogens with zero attached hydrogens (tertiary/aromatic N) is 1. The number of thioether (sulfide) groups is 1. The van der Waals surface area contributed by atoms with Crippen molar-refractivity contribution in [2.24, 2.45) is 5.16 Å². The molecular formula is C18H16N2O4S. The SMILES string of the molecule is O=C1NC(=O)C(Cc2ccc(OC/C(=N/O)c3ccccc3)cc2)S1. The highest BCUT2D eigenvalue weighted by Gasteiger charge is 2.31. The number of nitrogens with one attached hydrogen (secondary N) is 1. The summed E-state index contributed by atoms with van der Waals surface area (Å²) in [5.41, 5.74) is 2.16. The van der Waals surface area contributed by atoms with Gasteiger partial charge in [0.2, 0.25) is 5.91 Å². The van der Waals surface area contributed by atoms with Gasteiger partial charge in [0, 0.05) is 5.56 Å². The van der Waals surface area contributed by atoms with Gasteiger partial charge in [-0.1, -0.05) is 59.4 Å². The molecule has 25 heavy (non-hydrogen) atoms. The molecule has 0 aromatic heterocycles. The minimum atomic E-state index is -0.384. The van der Waals surface area contributed by atoms with Crippen LogP contribution in [0, 0.1) is 0 Å². The maximum absolute atomic E-state index is 11.6. The molecule has 1 saturated heterocycles. The van der Waals surface area contributed by atoms with Crippen LogP contribution < -0.4 is 10.1 Å². The van der Waals surface area contributed by atoms with Crippen molar-refractivity contribution in [3.05, 3.63) is 65.7 Å². The molecule has 1 heterocycles. The second-order valence-electron chi connectivity index (χ2n) is 5.43. The Labute approximate surface area is 148 Å². The highest BCUT2D eigenvalue weighted by Crippen LogP contribution is 2.23. The van der Waals surface area contributed by atoms with Crippen molar-refractivity contribution in [3.8, 4) is 5.75 Å². The first-order chi connectivity index (χ1) is 12.2. The van der Waals surface area contributed by atoms with Gasteiger partial charge < -0.3 is 9.94 Å². The van der Waals surface area contributed by atoms with E-state index in [0.717, 1.165) is 22.9 Å². The van der Waals surface area contributed by atoms with E-state index in [4.69, 9.17) is 9.94 Å². The van der Waals surface area contributed by atoms with Gasteiger partial charge in [-0.05, 0) is 24.1 Å². The minimum Gasteiger partial charge on any atom is -0.487 e. The van der Waals surface area contributed by atoms with Crippen LogP contribution in [0.25, 0.3) is 0 Å². The van der Waals surface area contributed by atoms with E-state index in [0.29, 0.717) is 17.9 Å². The molecule has 2 aromatic carbocycles. The number of carbonyl (C=O) groups excluding carboxylic acids is 2. The van der Waals surface area contributed by atoms with Gasteiger partial charge >= 0.3 is 0 Å². The van der Waals surface area contributed by atoms with E-state index in [2.05, 4.69) is 10.5 Å². The lowest BCUT2D eigenvalue weighted by molar-refractivity contribution is -0.118. The van der Waals surface area contributed by atoms with Gasteiger partial charge in [0.1, 0.15) is 18.1 Å². The Balaban J connectivity index is 1.57. The maximum atomic E-state index is 11.6. The fraction of sp³-hybridized carbons (Fsp3) is 0.167. The molecule has 1 unspecified atom stereocenters. The summed E-state index contributed by atoms with van der Waals surface area (Å²) in [5, 5.41) is 14.0. The molecule has 1 fully saturated rings. The number of oxime groups is 1. The minimum absolute atomic E-state index is 0.134. The van der Waals surface area contributed by atoms with Crippen LogP contribution in [-0.2, 0) is 11.2 Å². The van der Waals surface area contributed by atoms with Crippen LogP contribution in [-0.4, -0.2) is 33.9 Å². The third kappa shape index (κ3) is 4.39. The Hall–Kier alpha value is -2.80. The fourth-order valence-electron chi connectivity index (χ4n) is 2.42. The second kappa shape index (κ2) is 7.85. The normalized spacial score (nSPS) is 17.4. The maximum Gasteiger partial charge on any atom is 0.286 e. The molecule has 2 amide bonds. The van der Waals surface area contributed by atoms with Crippen molar-refractivity contribution in [1.82, 2.24) is 5.32 Å². The number of rotatable bonds is 6. The van der Waals surface area contributed by atoms with E-state index in [1.165, 1.54) is 0 Å². The molecular weight excluding hydrogens is 340 g/mol. The highest BCUT2D eigenvalue weighted by atomic mass is 32.2. The van der Waals surface area contributed by atoms with Crippen molar-refractivity contribution in [2.75, 3.05) is 6.61 Å². The Morgan fingerprint density at radius 1 is 1.12 bits per heavy atom. The summed E-state index contributed by atoms with van der Waals surface area (Å²) < 4.78 is 5.65. The first-order valence-electron chi connectivity index (χ1n) is 7.65. The number of ether oxygens (including phenoxy) is 1. The lowest BCUT2D eigenvalue weighted by Crippen LogP contribution is -2.25. The summed E-state index contributed by atoms with van der Waals surface area (Å²) in [6, 6.07) is 16.6. The quantitative estimate of drug-likeness (QED) is 0.472. The molecule has 0 radical (unpaired) electrons. The molecule has 0 bridgehead atoms. The fourth-order valence-corrected chi connectivity index (χ4v) is 3.28. The summed E-state index contributed by atoms with van der Waals surface area (Å²) in [7, 11) is 0. The molecule has 1 aliphatic heterocycles. The smallest absolute Gasteiger partial charge is 0.286 e. The molecule has 0 saturated carbocycles. The van der Waals surface area contributed by atoms with Crippen molar-refractivity contribution < 1.29 is 19.5 Å². The highest BCUT2D eigenvalue weighted by molar-refractivity contribution is 8.15. The van der Waals surface area contributed by atoms with E-state index in [-0.39, 0.29) is 23.0 Å². The van der Waals surface area contributed by atoms with E-state index < -0.39 is 0 Å². The number of hydrogen-bond acceptors (Lipinski definition) is 6. The zero-order valence-electron chi connectivity index (χ0n) is 13.2.